The fourth-order valence-corrected chi connectivity index (χ4v) is 5.42. The number of β-amino-alcohol motifs (C(OH)–C–C–N with tert-alkyl or cyclic N) is 1. The summed E-state index contributed by atoms with van der Waals surface area (Å²) in [5, 5.41) is 13.4. The van der Waals surface area contributed by atoms with Gasteiger partial charge in [0.2, 0.25) is 5.95 Å². The van der Waals surface area contributed by atoms with Gasteiger partial charge < -0.3 is 20.2 Å². The summed E-state index contributed by atoms with van der Waals surface area (Å²) >= 11 is 1.55. The maximum absolute atomic E-state index is 12.5. The Kier molecular flexibility index (Phi) is 7.50. The molecule has 0 atom stereocenters. The van der Waals surface area contributed by atoms with E-state index in [0.717, 1.165) is 58.2 Å². The quantitative estimate of drug-likeness (QED) is 0.370. The van der Waals surface area contributed by atoms with Gasteiger partial charge >= 0.3 is 0 Å². The summed E-state index contributed by atoms with van der Waals surface area (Å²) in [6.07, 6.45) is 1.82. The normalized spacial score (nSPS) is 14.2. The van der Waals surface area contributed by atoms with Crippen LogP contribution in [0, 0.1) is 13.8 Å². The van der Waals surface area contributed by atoms with Gasteiger partial charge in [-0.05, 0) is 37.6 Å². The number of nitrogens with zero attached hydrogens (tertiary/aromatic N) is 7. The summed E-state index contributed by atoms with van der Waals surface area (Å²) in [7, 11) is 3.51. The van der Waals surface area contributed by atoms with Crippen LogP contribution in [-0.4, -0.2) is 94.2 Å². The van der Waals surface area contributed by atoms with Crippen molar-refractivity contribution < 1.29 is 9.90 Å². The molecule has 1 fully saturated rings. The van der Waals surface area contributed by atoms with Crippen LogP contribution in [0.2, 0.25) is 0 Å². The Labute approximate surface area is 226 Å². The molecule has 5 rings (SSSR count). The summed E-state index contributed by atoms with van der Waals surface area (Å²) in [5.41, 5.74) is 4.28. The molecule has 2 N–H and O–H groups in total. The number of aromatic nitrogens is 4. The Balaban J connectivity index is 1.36. The molecule has 11 heteroatoms. The first-order valence-corrected chi connectivity index (χ1v) is 13.4. The van der Waals surface area contributed by atoms with Crippen LogP contribution < -0.4 is 10.2 Å². The number of pyridine rings is 1. The molecular formula is C27H32N8O2S. The number of aliphatic hydroxyl groups excluding tert-OH is 1. The number of thiazole rings is 1. The van der Waals surface area contributed by atoms with Crippen LogP contribution in [0.15, 0.2) is 36.5 Å². The molecule has 3 aromatic heterocycles. The summed E-state index contributed by atoms with van der Waals surface area (Å²) in [5.74, 6) is 1.99. The van der Waals surface area contributed by atoms with Crippen molar-refractivity contribution in [1.29, 1.82) is 0 Å². The topological polar surface area (TPSA) is 111 Å². The summed E-state index contributed by atoms with van der Waals surface area (Å²) in [6.45, 7) is 8.19. The average Bonchev–Trinajstić information content (AvgIpc) is 3.32. The van der Waals surface area contributed by atoms with Crippen molar-refractivity contribution in [1.82, 2.24) is 29.7 Å². The number of carbonyl (C=O) groups is 1. The molecule has 10 nitrogen and oxygen atoms in total. The molecule has 0 bridgehead atoms. The third-order valence-electron chi connectivity index (χ3n) is 6.42. The van der Waals surface area contributed by atoms with E-state index in [1.807, 2.05) is 50.4 Å². The van der Waals surface area contributed by atoms with Gasteiger partial charge in [0, 0.05) is 82.0 Å². The second-order valence-corrected chi connectivity index (χ2v) is 10.7. The molecule has 0 aliphatic carbocycles. The highest BCUT2D eigenvalue weighted by molar-refractivity contribution is 7.21. The molecule has 1 amide bonds. The lowest BCUT2D eigenvalue weighted by atomic mass is 10.1. The predicted octanol–water partition coefficient (Wildman–Crippen LogP) is 3.32. The largest absolute Gasteiger partial charge is 0.395 e. The first-order chi connectivity index (χ1) is 18.3. The second kappa shape index (κ2) is 11.0. The van der Waals surface area contributed by atoms with Crippen LogP contribution in [0.1, 0.15) is 21.6 Å². The minimum Gasteiger partial charge on any atom is -0.395 e. The van der Waals surface area contributed by atoms with E-state index in [4.69, 9.17) is 9.97 Å². The minimum absolute atomic E-state index is 0.0317. The van der Waals surface area contributed by atoms with Crippen molar-refractivity contribution >= 4 is 45.0 Å². The van der Waals surface area contributed by atoms with Gasteiger partial charge in [0.05, 0.1) is 16.8 Å². The molecule has 0 spiro atoms. The maximum atomic E-state index is 12.5. The first-order valence-electron chi connectivity index (χ1n) is 12.6. The van der Waals surface area contributed by atoms with E-state index >= 15 is 0 Å². The zero-order chi connectivity index (χ0) is 26.8. The van der Waals surface area contributed by atoms with Crippen molar-refractivity contribution in [3.05, 3.63) is 53.3 Å². The lowest BCUT2D eigenvalue weighted by Crippen LogP contribution is -2.47. The van der Waals surface area contributed by atoms with Gasteiger partial charge in [-0.2, -0.15) is 4.98 Å². The van der Waals surface area contributed by atoms with Gasteiger partial charge in [-0.3, -0.25) is 9.69 Å². The number of fused-ring (bicyclic) bond motifs is 1. The van der Waals surface area contributed by atoms with E-state index in [1.165, 1.54) is 0 Å². The van der Waals surface area contributed by atoms with E-state index in [-0.39, 0.29) is 12.5 Å². The number of aryl methyl sites for hydroxylation is 2. The van der Waals surface area contributed by atoms with Crippen LogP contribution >= 0.6 is 11.3 Å². The van der Waals surface area contributed by atoms with E-state index < -0.39 is 0 Å². The van der Waals surface area contributed by atoms with Crippen molar-refractivity contribution in [3.63, 3.8) is 0 Å². The molecule has 1 aromatic carbocycles. The fourth-order valence-electron chi connectivity index (χ4n) is 4.52. The van der Waals surface area contributed by atoms with Crippen LogP contribution in [-0.2, 0) is 0 Å². The smallest absolute Gasteiger partial charge is 0.253 e. The van der Waals surface area contributed by atoms with Gasteiger partial charge in [0.1, 0.15) is 16.6 Å². The van der Waals surface area contributed by atoms with Crippen LogP contribution in [0.5, 0.6) is 0 Å². The Bertz CT molecular complexity index is 1460. The summed E-state index contributed by atoms with van der Waals surface area (Å²) in [4.78, 5) is 37.4. The highest BCUT2D eigenvalue weighted by Crippen LogP contribution is 2.32. The number of carbonyl (C=O) groups excluding carboxylic acids is 1. The van der Waals surface area contributed by atoms with Crippen molar-refractivity contribution in [2.75, 3.05) is 63.6 Å². The second-order valence-electron chi connectivity index (χ2n) is 9.72. The molecule has 1 aliphatic rings. The molecule has 0 radical (unpaired) electrons. The average molecular weight is 533 g/mol. The fraction of sp³-hybridized carbons (Fsp3) is 0.370. The Hall–Kier alpha value is -3.67. The Morgan fingerprint density at radius 1 is 1.03 bits per heavy atom. The molecule has 198 valence electrons. The third kappa shape index (κ3) is 5.74. The van der Waals surface area contributed by atoms with Gasteiger partial charge in [-0.1, -0.05) is 0 Å². The molecule has 4 aromatic rings. The van der Waals surface area contributed by atoms with Crippen LogP contribution in [0.25, 0.3) is 20.8 Å². The van der Waals surface area contributed by atoms with Crippen molar-refractivity contribution in [2.45, 2.75) is 13.8 Å². The molecule has 0 saturated carbocycles. The molecule has 4 heterocycles. The molecule has 38 heavy (non-hydrogen) atoms. The zero-order valence-corrected chi connectivity index (χ0v) is 22.9. The van der Waals surface area contributed by atoms with Crippen molar-refractivity contribution in [3.8, 4) is 10.6 Å². The number of hydrogen-bond acceptors (Lipinski definition) is 10. The zero-order valence-electron chi connectivity index (χ0n) is 22.1. The first kappa shape index (κ1) is 26.0. The number of hydrogen-bond donors (Lipinski definition) is 2. The minimum atomic E-state index is -0.0317. The monoisotopic (exact) mass is 532 g/mol. The maximum Gasteiger partial charge on any atom is 0.253 e. The van der Waals surface area contributed by atoms with E-state index in [1.54, 1.807) is 30.3 Å². The standard InChI is InChI=1S/C27H32N8O2S/c1-17-11-19(14-20(12-17)26(37)33(3)4)25-30-21-15-23(28-16-22(21)38-25)31-24-13-18(2)29-27(32-24)35-7-5-34(6-8-35)9-10-36/h11-16,36H,5-10H2,1-4H3,(H,28,29,31,32). The number of anilines is 3. The third-order valence-corrected chi connectivity index (χ3v) is 7.48. The predicted molar refractivity (Wildman–Crippen MR) is 151 cm³/mol. The molecule has 1 saturated heterocycles. The van der Waals surface area contributed by atoms with Gasteiger partial charge in [0.25, 0.3) is 5.91 Å². The number of rotatable bonds is 7. The molecule has 1 aliphatic heterocycles. The highest BCUT2D eigenvalue weighted by Gasteiger charge is 2.20. The van der Waals surface area contributed by atoms with Gasteiger partial charge in [0.15, 0.2) is 0 Å². The number of amides is 1. The Morgan fingerprint density at radius 2 is 1.82 bits per heavy atom. The SMILES string of the molecule is Cc1cc(C(=O)N(C)C)cc(-c2nc3cc(Nc4cc(C)nc(N5CCN(CCO)CC5)n4)ncc3s2)c1. The Morgan fingerprint density at radius 3 is 2.55 bits per heavy atom. The van der Waals surface area contributed by atoms with Gasteiger partial charge in [-0.15, -0.1) is 11.3 Å². The van der Waals surface area contributed by atoms with Crippen molar-refractivity contribution in [2.24, 2.45) is 0 Å². The van der Waals surface area contributed by atoms with E-state index in [0.29, 0.717) is 29.7 Å². The lowest BCUT2D eigenvalue weighted by molar-refractivity contribution is 0.0827. The number of piperazine rings is 1. The number of benzene rings is 1. The van der Waals surface area contributed by atoms with Crippen LogP contribution in [0.4, 0.5) is 17.6 Å². The summed E-state index contributed by atoms with van der Waals surface area (Å²) < 4.78 is 0.966. The highest BCUT2D eigenvalue weighted by atomic mass is 32.1. The van der Waals surface area contributed by atoms with Crippen LogP contribution in [0.3, 0.4) is 0 Å². The lowest BCUT2D eigenvalue weighted by Gasteiger charge is -2.34. The summed E-state index contributed by atoms with van der Waals surface area (Å²) in [6, 6.07) is 9.66. The number of aliphatic hydroxyl groups is 1. The van der Waals surface area contributed by atoms with E-state index in [9.17, 15) is 9.90 Å². The van der Waals surface area contributed by atoms with Gasteiger partial charge in [-0.25, -0.2) is 15.0 Å². The molecular weight excluding hydrogens is 500 g/mol. The molecule has 0 unspecified atom stereocenters. The number of nitrogens with one attached hydrogen (secondary N) is 1. The van der Waals surface area contributed by atoms with E-state index in [2.05, 4.69) is 25.1 Å².